The van der Waals surface area contributed by atoms with E-state index in [9.17, 15) is 19.0 Å². The summed E-state index contributed by atoms with van der Waals surface area (Å²) in [7, 11) is -4.09. The molecule has 0 saturated heterocycles. The van der Waals surface area contributed by atoms with Crippen molar-refractivity contribution in [3.63, 3.8) is 0 Å². The first-order chi connectivity index (χ1) is 24.9. The first-order valence-electron chi connectivity index (χ1n) is 17.3. The van der Waals surface area contributed by atoms with Crippen LogP contribution in [0, 0.1) is 5.92 Å². The lowest BCUT2D eigenvalue weighted by atomic mass is 9.80. The van der Waals surface area contributed by atoms with Crippen LogP contribution in [0.4, 0.5) is 5.82 Å². The topological polar surface area (TPSA) is 129 Å². The van der Waals surface area contributed by atoms with E-state index in [1.165, 1.54) is 4.57 Å². The monoisotopic (exact) mass is 723 g/mol. The van der Waals surface area contributed by atoms with Gasteiger partial charge in [-0.2, -0.15) is 4.98 Å². The molecule has 0 fully saturated rings. The smallest absolute Gasteiger partial charge is 0.354 e. The predicted molar refractivity (Wildman–Crippen MR) is 202 cm³/mol. The maximum atomic E-state index is 13.6. The van der Waals surface area contributed by atoms with E-state index in [4.69, 9.17) is 14.0 Å². The van der Waals surface area contributed by atoms with Gasteiger partial charge in [-0.15, -0.1) is 0 Å². The van der Waals surface area contributed by atoms with Crippen LogP contribution in [0.15, 0.2) is 138 Å². The number of aromatic nitrogens is 2. The third-order valence-corrected chi connectivity index (χ3v) is 10.4. The van der Waals surface area contributed by atoms with Gasteiger partial charge in [0.15, 0.2) is 0 Å². The molecule has 0 saturated carbocycles. The first kappa shape index (κ1) is 38.5. The average Bonchev–Trinajstić information content (AvgIpc) is 3.14. The zero-order valence-corrected chi connectivity index (χ0v) is 30.8. The maximum Gasteiger partial charge on any atom is 0.354 e. The minimum absolute atomic E-state index is 0.00608. The number of ether oxygens (including phenoxy) is 2. The number of nitrogens with zero attached hydrogens (tertiary/aromatic N) is 2. The summed E-state index contributed by atoms with van der Waals surface area (Å²) in [5, 5.41) is 2.69. The van der Waals surface area contributed by atoms with Crippen LogP contribution in [-0.4, -0.2) is 45.5 Å². The third kappa shape index (κ3) is 9.59. The fraction of sp³-hybridized carbons (Fsp3) is 0.293. The molecule has 1 heterocycles. The Kier molecular flexibility index (Phi) is 12.8. The Bertz CT molecular complexity index is 1890. The normalized spacial score (nSPS) is 13.7. The van der Waals surface area contributed by atoms with E-state index < -0.39 is 42.8 Å². The molecule has 1 amide bonds. The standard InChI is InChI=1S/C41H46N3O7P/c1-31(2)40(3,4)51-52(47,48)30-49-28-26-36(44-27-25-37(43-39(44)46)42-38(45)32-17-9-5-10-18-32)29-50-41(33-19-11-6-12-20-33,34-21-13-7-14-22-34)35-23-15-8-16-24-35/h5-25,27,31,36H,26,28-30H2,1-4H3,(H,47,48)(H,42,43,45,46). The van der Waals surface area contributed by atoms with Crippen LogP contribution in [0.25, 0.3) is 0 Å². The Morgan fingerprint density at radius 3 is 1.81 bits per heavy atom. The SMILES string of the molecule is CC(C)C(C)(C)OP(=O)(O)COCCC(COC(c1ccccc1)(c1ccccc1)c1ccccc1)n1ccc(NC(=O)c2ccccc2)nc1=O. The van der Waals surface area contributed by atoms with Gasteiger partial charge >= 0.3 is 13.3 Å². The van der Waals surface area contributed by atoms with Gasteiger partial charge in [-0.05, 0) is 61.1 Å². The second-order valence-electron chi connectivity index (χ2n) is 13.4. The lowest BCUT2D eigenvalue weighted by Crippen LogP contribution is -2.37. The van der Waals surface area contributed by atoms with Gasteiger partial charge in [-0.1, -0.05) is 123 Å². The number of amides is 1. The summed E-state index contributed by atoms with van der Waals surface area (Å²) in [5.41, 5.74) is 0.572. The minimum atomic E-state index is -4.09. The van der Waals surface area contributed by atoms with Gasteiger partial charge in [0.25, 0.3) is 5.91 Å². The molecule has 2 N–H and O–H groups in total. The molecule has 1 aromatic heterocycles. The van der Waals surface area contributed by atoms with Crippen molar-refractivity contribution in [2.75, 3.05) is 24.9 Å². The molecule has 0 aliphatic heterocycles. The Balaban J connectivity index is 1.46. The molecule has 0 radical (unpaired) electrons. The number of benzene rings is 4. The van der Waals surface area contributed by atoms with Crippen LogP contribution in [0.5, 0.6) is 0 Å². The summed E-state index contributed by atoms with van der Waals surface area (Å²) >= 11 is 0. The van der Waals surface area contributed by atoms with Crippen molar-refractivity contribution >= 4 is 19.3 Å². The van der Waals surface area contributed by atoms with E-state index in [0.29, 0.717) is 5.56 Å². The first-order valence-corrected chi connectivity index (χ1v) is 19.0. The Hall–Kier alpha value is -4.70. The highest BCUT2D eigenvalue weighted by atomic mass is 31.2. The number of nitrogens with one attached hydrogen (secondary N) is 1. The molecule has 0 bridgehead atoms. The summed E-state index contributed by atoms with van der Waals surface area (Å²) in [6.07, 6.45) is 1.26. The van der Waals surface area contributed by atoms with Crippen LogP contribution in [0.3, 0.4) is 0 Å². The van der Waals surface area contributed by atoms with Crippen LogP contribution < -0.4 is 11.0 Å². The van der Waals surface area contributed by atoms with Crippen molar-refractivity contribution in [2.24, 2.45) is 5.92 Å². The number of hydrogen-bond donors (Lipinski definition) is 2. The number of hydrogen-bond acceptors (Lipinski definition) is 7. The van der Waals surface area contributed by atoms with Gasteiger partial charge < -0.3 is 24.2 Å². The molecule has 11 heteroatoms. The Morgan fingerprint density at radius 2 is 1.33 bits per heavy atom. The molecule has 0 aliphatic carbocycles. The fourth-order valence-corrected chi connectivity index (χ4v) is 7.09. The van der Waals surface area contributed by atoms with Gasteiger partial charge in [-0.25, -0.2) is 4.79 Å². The highest BCUT2D eigenvalue weighted by Gasteiger charge is 2.39. The summed E-state index contributed by atoms with van der Waals surface area (Å²) in [4.78, 5) is 41.2. The summed E-state index contributed by atoms with van der Waals surface area (Å²) < 4.78 is 32.8. The highest BCUT2D eigenvalue weighted by molar-refractivity contribution is 7.52. The quantitative estimate of drug-likeness (QED) is 0.0561. The number of carbonyl (C=O) groups excluding carboxylic acids is 1. The molecule has 2 unspecified atom stereocenters. The second-order valence-corrected chi connectivity index (χ2v) is 15.1. The molecule has 10 nitrogen and oxygen atoms in total. The number of anilines is 1. The molecule has 52 heavy (non-hydrogen) atoms. The van der Waals surface area contributed by atoms with E-state index in [-0.39, 0.29) is 31.4 Å². The van der Waals surface area contributed by atoms with Gasteiger partial charge in [0.2, 0.25) is 0 Å². The van der Waals surface area contributed by atoms with Crippen LogP contribution in [0.1, 0.15) is 67.2 Å². The van der Waals surface area contributed by atoms with E-state index in [1.807, 2.05) is 111 Å². The molecule has 5 rings (SSSR count). The van der Waals surface area contributed by atoms with Crippen LogP contribution in [-0.2, 0) is 24.2 Å². The molecule has 272 valence electrons. The lowest BCUT2D eigenvalue weighted by Gasteiger charge is -2.37. The summed E-state index contributed by atoms with van der Waals surface area (Å²) in [5.74, 6) is -0.300. The van der Waals surface area contributed by atoms with Crippen molar-refractivity contribution in [1.29, 1.82) is 0 Å². The zero-order chi connectivity index (χ0) is 37.2. The zero-order valence-electron chi connectivity index (χ0n) is 29.9. The van der Waals surface area contributed by atoms with E-state index in [1.54, 1.807) is 50.4 Å². The van der Waals surface area contributed by atoms with Gasteiger partial charge in [0.1, 0.15) is 17.8 Å². The maximum absolute atomic E-state index is 13.6. The van der Waals surface area contributed by atoms with Crippen molar-refractivity contribution in [3.8, 4) is 0 Å². The van der Waals surface area contributed by atoms with E-state index >= 15 is 0 Å². The van der Waals surface area contributed by atoms with E-state index in [2.05, 4.69) is 10.3 Å². The van der Waals surface area contributed by atoms with E-state index in [0.717, 1.165) is 16.7 Å². The predicted octanol–water partition coefficient (Wildman–Crippen LogP) is 8.05. The molecular weight excluding hydrogens is 677 g/mol. The molecule has 5 aromatic rings. The summed E-state index contributed by atoms with van der Waals surface area (Å²) in [6, 6.07) is 39.2. The third-order valence-electron chi connectivity index (χ3n) is 9.15. The number of rotatable bonds is 17. The molecular formula is C41H46N3O7P. The number of carbonyl (C=O) groups is 1. The molecule has 0 aliphatic rings. The minimum Gasteiger partial charge on any atom is -0.369 e. The van der Waals surface area contributed by atoms with Crippen molar-refractivity contribution in [1.82, 2.24) is 9.55 Å². The van der Waals surface area contributed by atoms with Crippen molar-refractivity contribution in [2.45, 2.75) is 51.4 Å². The van der Waals surface area contributed by atoms with Gasteiger partial charge in [0.05, 0.1) is 18.2 Å². The van der Waals surface area contributed by atoms with Crippen molar-refractivity contribution in [3.05, 3.63) is 166 Å². The molecule has 2 atom stereocenters. The average molecular weight is 724 g/mol. The fourth-order valence-electron chi connectivity index (χ4n) is 5.73. The van der Waals surface area contributed by atoms with Gasteiger partial charge in [0, 0.05) is 18.4 Å². The van der Waals surface area contributed by atoms with Crippen molar-refractivity contribution < 1.29 is 28.3 Å². The van der Waals surface area contributed by atoms with Crippen LogP contribution >= 0.6 is 7.60 Å². The second kappa shape index (κ2) is 17.2. The summed E-state index contributed by atoms with van der Waals surface area (Å²) in [6.45, 7) is 7.38. The largest absolute Gasteiger partial charge is 0.369 e. The molecule has 0 spiro atoms. The Morgan fingerprint density at radius 1 is 0.827 bits per heavy atom. The lowest BCUT2D eigenvalue weighted by molar-refractivity contribution is -0.0127. The highest BCUT2D eigenvalue weighted by Crippen LogP contribution is 2.48. The Labute approximate surface area is 305 Å². The van der Waals surface area contributed by atoms with Gasteiger partial charge in [-0.3, -0.25) is 13.9 Å². The molecule has 4 aromatic carbocycles. The van der Waals surface area contributed by atoms with Crippen LogP contribution in [0.2, 0.25) is 0 Å².